The molecule has 8 nitrogen and oxygen atoms in total. The van der Waals surface area contributed by atoms with Gasteiger partial charge in [-0.25, -0.2) is 4.98 Å². The first-order chi connectivity index (χ1) is 15.7. The predicted octanol–water partition coefficient (Wildman–Crippen LogP) is 1.80. The van der Waals surface area contributed by atoms with Crippen LogP contribution in [0.3, 0.4) is 0 Å². The maximum atomic E-state index is 12.6. The Morgan fingerprint density at radius 3 is 2.59 bits per heavy atom. The summed E-state index contributed by atoms with van der Waals surface area (Å²) in [6, 6.07) is 5.95. The van der Waals surface area contributed by atoms with E-state index in [2.05, 4.69) is 39.3 Å². The lowest BCUT2D eigenvalue weighted by Crippen LogP contribution is -2.49. The fourth-order valence-electron chi connectivity index (χ4n) is 4.28. The molecule has 0 unspecified atom stereocenters. The Morgan fingerprint density at radius 2 is 1.91 bits per heavy atom. The smallest absolute Gasteiger partial charge is 0.224 e. The summed E-state index contributed by atoms with van der Waals surface area (Å²) in [4.78, 5) is 28.5. The van der Waals surface area contributed by atoms with Crippen LogP contribution in [0.2, 0.25) is 0 Å². The van der Waals surface area contributed by atoms with E-state index >= 15 is 0 Å². The number of likely N-dealkylation sites (tertiary alicyclic amines) is 1. The standard InChI is InChI=1S/C24H41N7O/c1-3-25-24(27-12-6-14-29-15-9-21(2)10-16-29)28-13-8-23(32)31-19-17-30(18-20-31)22-7-4-5-11-26-22/h4-5,7,11,21H,3,6,8-10,12-20H2,1-2H3,(H2,25,27,28). The molecule has 3 rings (SSSR count). The van der Waals surface area contributed by atoms with Crippen LogP contribution in [-0.4, -0.2) is 92.1 Å². The number of carbonyl (C=O) groups is 1. The van der Waals surface area contributed by atoms with Crippen LogP contribution in [0.4, 0.5) is 5.82 Å². The molecule has 2 aliphatic rings. The van der Waals surface area contributed by atoms with Crippen molar-refractivity contribution in [1.82, 2.24) is 25.4 Å². The molecular weight excluding hydrogens is 402 g/mol. The highest BCUT2D eigenvalue weighted by atomic mass is 16.2. The van der Waals surface area contributed by atoms with Crippen LogP contribution in [0, 0.1) is 5.92 Å². The van der Waals surface area contributed by atoms with E-state index in [0.717, 1.165) is 69.9 Å². The zero-order valence-corrected chi connectivity index (χ0v) is 19.9. The number of aromatic nitrogens is 1. The third-order valence-corrected chi connectivity index (χ3v) is 6.36. The van der Waals surface area contributed by atoms with Gasteiger partial charge in [0, 0.05) is 58.4 Å². The number of rotatable bonds is 9. The topological polar surface area (TPSA) is 76.1 Å². The highest BCUT2D eigenvalue weighted by molar-refractivity contribution is 5.81. The van der Waals surface area contributed by atoms with Gasteiger partial charge in [-0.05, 0) is 63.9 Å². The van der Waals surface area contributed by atoms with Gasteiger partial charge in [-0.15, -0.1) is 0 Å². The Kier molecular flexibility index (Phi) is 10.1. The van der Waals surface area contributed by atoms with Gasteiger partial charge in [0.05, 0.1) is 0 Å². The van der Waals surface area contributed by atoms with Gasteiger partial charge in [-0.2, -0.15) is 0 Å². The molecule has 178 valence electrons. The zero-order chi connectivity index (χ0) is 22.6. The molecule has 1 amide bonds. The van der Waals surface area contributed by atoms with Crippen molar-refractivity contribution in [3.05, 3.63) is 24.4 Å². The van der Waals surface area contributed by atoms with Crippen molar-refractivity contribution in [2.45, 2.75) is 39.5 Å². The Labute approximate surface area is 193 Å². The second-order valence-corrected chi connectivity index (χ2v) is 8.87. The van der Waals surface area contributed by atoms with Crippen molar-refractivity contribution < 1.29 is 4.79 Å². The van der Waals surface area contributed by atoms with E-state index in [4.69, 9.17) is 4.99 Å². The number of aliphatic imine (C=N–C) groups is 1. The lowest BCUT2D eigenvalue weighted by atomic mass is 9.99. The minimum atomic E-state index is 0.202. The number of hydrogen-bond acceptors (Lipinski definition) is 5. The first kappa shape index (κ1) is 24.3. The third-order valence-electron chi connectivity index (χ3n) is 6.36. The molecule has 0 spiro atoms. The van der Waals surface area contributed by atoms with E-state index in [-0.39, 0.29) is 5.91 Å². The van der Waals surface area contributed by atoms with Gasteiger partial charge >= 0.3 is 0 Å². The molecule has 2 saturated heterocycles. The van der Waals surface area contributed by atoms with Crippen LogP contribution < -0.4 is 15.5 Å². The lowest BCUT2D eigenvalue weighted by molar-refractivity contribution is -0.131. The molecule has 1 aromatic heterocycles. The molecule has 0 aliphatic carbocycles. The molecule has 1 aromatic rings. The van der Waals surface area contributed by atoms with Crippen LogP contribution in [0.25, 0.3) is 0 Å². The van der Waals surface area contributed by atoms with E-state index in [0.29, 0.717) is 13.0 Å². The van der Waals surface area contributed by atoms with Gasteiger partial charge in [0.2, 0.25) is 5.91 Å². The van der Waals surface area contributed by atoms with E-state index in [9.17, 15) is 4.79 Å². The van der Waals surface area contributed by atoms with Crippen LogP contribution in [0.5, 0.6) is 0 Å². The summed E-state index contributed by atoms with van der Waals surface area (Å²) in [6.07, 6.45) is 6.01. The number of anilines is 1. The van der Waals surface area contributed by atoms with E-state index in [1.54, 1.807) is 0 Å². The number of piperidine rings is 1. The minimum Gasteiger partial charge on any atom is -0.357 e. The monoisotopic (exact) mass is 443 g/mol. The fraction of sp³-hybridized carbons (Fsp3) is 0.708. The van der Waals surface area contributed by atoms with Gasteiger partial charge in [-0.3, -0.25) is 9.79 Å². The van der Waals surface area contributed by atoms with E-state index < -0.39 is 0 Å². The number of carbonyl (C=O) groups excluding carboxylic acids is 1. The van der Waals surface area contributed by atoms with Crippen LogP contribution in [0.1, 0.15) is 39.5 Å². The molecule has 0 aromatic carbocycles. The number of nitrogens with zero attached hydrogens (tertiary/aromatic N) is 5. The van der Waals surface area contributed by atoms with Crippen LogP contribution >= 0.6 is 0 Å². The predicted molar refractivity (Wildman–Crippen MR) is 131 cm³/mol. The van der Waals surface area contributed by atoms with Crippen molar-refractivity contribution in [2.24, 2.45) is 10.9 Å². The van der Waals surface area contributed by atoms with Gasteiger partial charge in [0.15, 0.2) is 5.96 Å². The molecular formula is C24H41N7O. The van der Waals surface area contributed by atoms with Gasteiger partial charge in [0.1, 0.15) is 5.82 Å². The fourth-order valence-corrected chi connectivity index (χ4v) is 4.28. The van der Waals surface area contributed by atoms with Gasteiger partial charge in [-0.1, -0.05) is 13.0 Å². The maximum Gasteiger partial charge on any atom is 0.224 e. The third kappa shape index (κ3) is 7.97. The maximum absolute atomic E-state index is 12.6. The largest absolute Gasteiger partial charge is 0.357 e. The summed E-state index contributed by atoms with van der Waals surface area (Å²) in [7, 11) is 0. The van der Waals surface area contributed by atoms with Crippen LogP contribution in [-0.2, 0) is 4.79 Å². The molecule has 3 heterocycles. The summed E-state index contributed by atoms with van der Waals surface area (Å²) in [5.41, 5.74) is 0. The second kappa shape index (κ2) is 13.3. The molecule has 0 bridgehead atoms. The highest BCUT2D eigenvalue weighted by Crippen LogP contribution is 2.16. The average Bonchev–Trinajstić information content (AvgIpc) is 2.83. The Morgan fingerprint density at radius 1 is 1.12 bits per heavy atom. The first-order valence-corrected chi connectivity index (χ1v) is 12.3. The Balaban J connectivity index is 1.32. The van der Waals surface area contributed by atoms with Crippen molar-refractivity contribution in [3.63, 3.8) is 0 Å². The molecule has 2 fully saturated rings. The highest BCUT2D eigenvalue weighted by Gasteiger charge is 2.21. The number of pyridine rings is 1. The van der Waals surface area contributed by atoms with Gasteiger partial charge < -0.3 is 25.3 Å². The zero-order valence-electron chi connectivity index (χ0n) is 19.9. The summed E-state index contributed by atoms with van der Waals surface area (Å²) in [5.74, 6) is 2.88. The summed E-state index contributed by atoms with van der Waals surface area (Å²) in [6.45, 7) is 13.4. The van der Waals surface area contributed by atoms with Crippen LogP contribution in [0.15, 0.2) is 29.4 Å². The van der Waals surface area contributed by atoms with Gasteiger partial charge in [0.25, 0.3) is 0 Å². The molecule has 32 heavy (non-hydrogen) atoms. The second-order valence-electron chi connectivity index (χ2n) is 8.87. The van der Waals surface area contributed by atoms with Crippen molar-refractivity contribution in [2.75, 3.05) is 70.3 Å². The molecule has 0 atom stereocenters. The molecule has 0 radical (unpaired) electrons. The Hall–Kier alpha value is -2.35. The summed E-state index contributed by atoms with van der Waals surface area (Å²) >= 11 is 0. The number of guanidine groups is 1. The average molecular weight is 444 g/mol. The van der Waals surface area contributed by atoms with E-state index in [1.807, 2.05) is 29.3 Å². The number of amides is 1. The Bertz CT molecular complexity index is 696. The van der Waals surface area contributed by atoms with Crippen molar-refractivity contribution in [3.8, 4) is 0 Å². The number of piperazine rings is 1. The first-order valence-electron chi connectivity index (χ1n) is 12.3. The summed E-state index contributed by atoms with van der Waals surface area (Å²) < 4.78 is 0. The normalized spacial score (nSPS) is 18.6. The van der Waals surface area contributed by atoms with Crippen molar-refractivity contribution >= 4 is 17.7 Å². The van der Waals surface area contributed by atoms with E-state index in [1.165, 1.54) is 25.9 Å². The number of nitrogens with one attached hydrogen (secondary N) is 2. The SMILES string of the molecule is CCNC(=NCCCN1CCC(C)CC1)NCCC(=O)N1CCN(c2ccccn2)CC1. The molecule has 0 saturated carbocycles. The molecule has 8 heteroatoms. The minimum absolute atomic E-state index is 0.202. The quantitative estimate of drug-likeness (QED) is 0.344. The number of hydrogen-bond donors (Lipinski definition) is 2. The van der Waals surface area contributed by atoms with Crippen molar-refractivity contribution in [1.29, 1.82) is 0 Å². The molecule has 2 N–H and O–H groups in total. The summed E-state index contributed by atoms with van der Waals surface area (Å²) in [5, 5.41) is 6.62. The lowest BCUT2D eigenvalue weighted by Gasteiger charge is -2.35. The molecule has 2 aliphatic heterocycles.